The number of hydrogen-bond acceptors (Lipinski definition) is 7. The Balaban J connectivity index is 1.40. The summed E-state index contributed by atoms with van der Waals surface area (Å²) in [5, 5.41) is 4.70. The number of hydrogen-bond donors (Lipinski definition) is 2. The van der Waals surface area contributed by atoms with Crippen LogP contribution in [0.1, 0.15) is 25.0 Å². The highest BCUT2D eigenvalue weighted by atomic mass is 32.2. The normalized spacial score (nSPS) is 15.3. The van der Waals surface area contributed by atoms with Crippen molar-refractivity contribution in [2.45, 2.75) is 37.4 Å². The van der Waals surface area contributed by atoms with Crippen LogP contribution in [0.15, 0.2) is 46.1 Å². The summed E-state index contributed by atoms with van der Waals surface area (Å²) in [7, 11) is 0. The molecule has 1 aliphatic heterocycles. The van der Waals surface area contributed by atoms with Crippen LogP contribution in [0, 0.1) is 17.5 Å². The molecule has 1 aromatic heterocycles. The maximum absolute atomic E-state index is 14.6. The lowest BCUT2D eigenvalue weighted by Crippen LogP contribution is -2.60. The van der Waals surface area contributed by atoms with Crippen LogP contribution >= 0.6 is 23.3 Å². The summed E-state index contributed by atoms with van der Waals surface area (Å²) in [6.45, 7) is 6.93. The molecule has 0 atom stereocenters. The largest absolute Gasteiger partial charge is 0.381 e. The molecule has 0 radical (unpaired) electrons. The molecule has 1 fully saturated rings. The number of nitrogens with one attached hydrogen (secondary N) is 2. The number of nitrogens with zero attached hydrogens (tertiary/aromatic N) is 2. The van der Waals surface area contributed by atoms with E-state index in [2.05, 4.69) is 26.8 Å². The van der Waals surface area contributed by atoms with Crippen molar-refractivity contribution in [3.63, 3.8) is 0 Å². The van der Waals surface area contributed by atoms with Crippen LogP contribution in [0.3, 0.4) is 0 Å². The van der Waals surface area contributed by atoms with Crippen LogP contribution in [0.2, 0.25) is 0 Å². The Morgan fingerprint density at radius 1 is 1.18 bits per heavy atom. The molecule has 0 aliphatic carbocycles. The number of aromatic nitrogens is 1. The quantitative estimate of drug-likeness (QED) is 0.342. The van der Waals surface area contributed by atoms with Crippen LogP contribution in [-0.4, -0.2) is 35.2 Å². The van der Waals surface area contributed by atoms with Crippen molar-refractivity contribution in [3.8, 4) is 0 Å². The Labute approximate surface area is 199 Å². The lowest BCUT2D eigenvalue weighted by atomic mass is 9.94. The summed E-state index contributed by atoms with van der Waals surface area (Å²) in [6.07, 6.45) is 0. The first-order valence-corrected chi connectivity index (χ1v) is 12.3. The smallest absolute Gasteiger partial charge is 0.147 e. The number of rotatable bonds is 10. The average molecular weight is 495 g/mol. The number of benzene rings is 2. The minimum absolute atomic E-state index is 0.112. The molecule has 2 heterocycles. The fourth-order valence-corrected chi connectivity index (χ4v) is 5.15. The molecule has 3 aromatic rings. The van der Waals surface area contributed by atoms with Crippen LogP contribution in [-0.2, 0) is 17.8 Å². The lowest BCUT2D eigenvalue weighted by Gasteiger charge is -2.47. The highest BCUT2D eigenvalue weighted by Crippen LogP contribution is 2.30. The lowest BCUT2D eigenvalue weighted by molar-refractivity contribution is -0.131. The third-order valence-electron chi connectivity index (χ3n) is 5.38. The molecule has 0 unspecified atom stereocenters. The van der Waals surface area contributed by atoms with Crippen molar-refractivity contribution in [3.05, 3.63) is 69.8 Å². The zero-order chi connectivity index (χ0) is 23.4. The van der Waals surface area contributed by atoms with Gasteiger partial charge in [-0.05, 0) is 49.6 Å². The second-order valence-corrected chi connectivity index (χ2v) is 9.64. The molecule has 2 aromatic carbocycles. The van der Waals surface area contributed by atoms with Crippen LogP contribution in [0.5, 0.6) is 0 Å². The summed E-state index contributed by atoms with van der Waals surface area (Å²) >= 11 is 2.20. The number of anilines is 2. The third kappa shape index (κ3) is 5.81. The van der Waals surface area contributed by atoms with E-state index in [4.69, 9.17) is 4.74 Å². The Hall–Kier alpha value is -2.27. The van der Waals surface area contributed by atoms with E-state index in [0.29, 0.717) is 24.5 Å². The summed E-state index contributed by atoms with van der Waals surface area (Å²) in [5.74, 6) is -1.25. The van der Waals surface area contributed by atoms with Crippen molar-refractivity contribution in [2.24, 2.45) is 0 Å². The fraction of sp³-hybridized carbons (Fsp3) is 0.348. The monoisotopic (exact) mass is 494 g/mol. The zero-order valence-corrected chi connectivity index (χ0v) is 20.0. The standard InChI is InChI=1S/C23H25F3N4OS2/c1-3-31-23(2)12-30(13-23)10-15-5-4-6-18(24)17(15)9-27-16-7-19(25)22(20(26)8-16)33-29-21-11-32-14-28-21/h4-8,11,14,27,29H,3,9-10,12-13H2,1-2H3. The van der Waals surface area contributed by atoms with Gasteiger partial charge in [-0.2, -0.15) is 0 Å². The van der Waals surface area contributed by atoms with Crippen LogP contribution in [0.4, 0.5) is 24.7 Å². The molecule has 1 aliphatic rings. The SMILES string of the molecule is CCOC1(C)CN(Cc2cccc(F)c2CNc2cc(F)c(SNc3cscn3)c(F)c2)C1. The Bertz CT molecular complexity index is 1070. The van der Waals surface area contributed by atoms with E-state index in [1.54, 1.807) is 17.0 Å². The molecule has 33 heavy (non-hydrogen) atoms. The summed E-state index contributed by atoms with van der Waals surface area (Å²) in [4.78, 5) is 6.05. The van der Waals surface area contributed by atoms with Crippen molar-refractivity contribution >= 4 is 34.8 Å². The van der Waals surface area contributed by atoms with E-state index in [-0.39, 0.29) is 28.5 Å². The van der Waals surface area contributed by atoms with Gasteiger partial charge in [0.1, 0.15) is 28.2 Å². The second-order valence-electron chi connectivity index (χ2n) is 8.11. The first kappa shape index (κ1) is 23.9. The van der Waals surface area contributed by atoms with E-state index in [9.17, 15) is 13.2 Å². The Kier molecular flexibility index (Phi) is 7.48. The number of ether oxygens (including phenoxy) is 1. The molecule has 2 N–H and O–H groups in total. The van der Waals surface area contributed by atoms with Gasteiger partial charge in [-0.1, -0.05) is 12.1 Å². The van der Waals surface area contributed by atoms with Gasteiger partial charge in [0.15, 0.2) is 0 Å². The zero-order valence-electron chi connectivity index (χ0n) is 18.3. The summed E-state index contributed by atoms with van der Waals surface area (Å²) in [6, 6.07) is 7.36. The van der Waals surface area contributed by atoms with E-state index in [1.165, 1.54) is 29.5 Å². The van der Waals surface area contributed by atoms with Crippen LogP contribution in [0.25, 0.3) is 0 Å². The van der Waals surface area contributed by atoms with Gasteiger partial charge in [0.25, 0.3) is 0 Å². The fourth-order valence-electron chi connectivity index (χ4n) is 3.96. The minimum Gasteiger partial charge on any atom is -0.381 e. The predicted octanol–water partition coefficient (Wildman–Crippen LogP) is 5.90. The molecule has 0 saturated carbocycles. The van der Waals surface area contributed by atoms with E-state index < -0.39 is 11.6 Å². The van der Waals surface area contributed by atoms with Gasteiger partial charge in [0.2, 0.25) is 0 Å². The van der Waals surface area contributed by atoms with Gasteiger partial charge in [0.05, 0.1) is 11.1 Å². The molecule has 10 heteroatoms. The Morgan fingerprint density at radius 3 is 2.61 bits per heavy atom. The molecular formula is C23H25F3N4OS2. The number of halogens is 3. The minimum atomic E-state index is -0.713. The van der Waals surface area contributed by atoms with Crippen molar-refractivity contribution < 1.29 is 17.9 Å². The maximum Gasteiger partial charge on any atom is 0.147 e. The first-order valence-electron chi connectivity index (χ1n) is 10.5. The second kappa shape index (κ2) is 10.3. The topological polar surface area (TPSA) is 49.4 Å². The molecule has 176 valence electrons. The molecule has 1 saturated heterocycles. The highest BCUT2D eigenvalue weighted by molar-refractivity contribution is 8.00. The van der Waals surface area contributed by atoms with E-state index >= 15 is 0 Å². The van der Waals surface area contributed by atoms with Crippen molar-refractivity contribution in [1.29, 1.82) is 0 Å². The van der Waals surface area contributed by atoms with Gasteiger partial charge < -0.3 is 14.8 Å². The first-order chi connectivity index (χ1) is 15.9. The summed E-state index contributed by atoms with van der Waals surface area (Å²) in [5.41, 5.74) is 3.02. The van der Waals surface area contributed by atoms with E-state index in [1.807, 2.05) is 13.0 Å². The molecule has 0 amide bonds. The van der Waals surface area contributed by atoms with Crippen molar-refractivity contribution in [1.82, 2.24) is 9.88 Å². The van der Waals surface area contributed by atoms with Gasteiger partial charge in [-0.3, -0.25) is 4.90 Å². The maximum atomic E-state index is 14.6. The van der Waals surface area contributed by atoms with Gasteiger partial charge in [-0.15, -0.1) is 11.3 Å². The molecular weight excluding hydrogens is 469 g/mol. The molecule has 0 spiro atoms. The highest BCUT2D eigenvalue weighted by Gasteiger charge is 2.39. The van der Waals surface area contributed by atoms with Gasteiger partial charge in [-0.25, -0.2) is 18.2 Å². The van der Waals surface area contributed by atoms with E-state index in [0.717, 1.165) is 30.6 Å². The van der Waals surface area contributed by atoms with Gasteiger partial charge >= 0.3 is 0 Å². The van der Waals surface area contributed by atoms with Gasteiger partial charge in [0, 0.05) is 49.4 Å². The van der Waals surface area contributed by atoms with Crippen LogP contribution < -0.4 is 10.0 Å². The molecule has 5 nitrogen and oxygen atoms in total. The number of likely N-dealkylation sites (tertiary alicyclic amines) is 1. The van der Waals surface area contributed by atoms with Crippen molar-refractivity contribution in [2.75, 3.05) is 29.7 Å². The average Bonchev–Trinajstić information content (AvgIpc) is 3.25. The number of thiazole rings is 1. The predicted molar refractivity (Wildman–Crippen MR) is 127 cm³/mol. The Morgan fingerprint density at radius 2 is 1.94 bits per heavy atom. The third-order valence-corrected chi connectivity index (χ3v) is 6.87. The summed E-state index contributed by atoms with van der Waals surface area (Å²) < 4.78 is 52.2. The molecule has 4 rings (SSSR count). The molecule has 0 bridgehead atoms.